The molecular formula is C31H28N2O3. The van der Waals surface area contributed by atoms with Gasteiger partial charge in [0.1, 0.15) is 12.4 Å². The Morgan fingerprint density at radius 2 is 1.53 bits per heavy atom. The van der Waals surface area contributed by atoms with Crippen LogP contribution in [0.5, 0.6) is 0 Å². The highest BCUT2D eigenvalue weighted by Crippen LogP contribution is 2.45. The molecule has 0 radical (unpaired) electrons. The average molecular weight is 477 g/mol. The van der Waals surface area contributed by atoms with Gasteiger partial charge < -0.3 is 9.64 Å². The van der Waals surface area contributed by atoms with Crippen molar-refractivity contribution in [2.75, 3.05) is 6.61 Å². The maximum absolute atomic E-state index is 13.3. The van der Waals surface area contributed by atoms with E-state index < -0.39 is 0 Å². The van der Waals surface area contributed by atoms with Crippen molar-refractivity contribution in [3.63, 3.8) is 0 Å². The van der Waals surface area contributed by atoms with Crippen LogP contribution in [0.1, 0.15) is 53.9 Å². The molecule has 0 N–H and O–H groups in total. The number of benzene rings is 3. The van der Waals surface area contributed by atoms with Gasteiger partial charge in [0.25, 0.3) is 0 Å². The molecular weight excluding hydrogens is 448 g/mol. The summed E-state index contributed by atoms with van der Waals surface area (Å²) in [7, 11) is 0. The van der Waals surface area contributed by atoms with Crippen LogP contribution in [0.4, 0.5) is 4.79 Å². The first-order chi connectivity index (χ1) is 17.6. The molecule has 180 valence electrons. The van der Waals surface area contributed by atoms with E-state index in [0.717, 1.165) is 18.4 Å². The Balaban J connectivity index is 1.11. The number of carbonyl (C=O) groups is 2. The Kier molecular flexibility index (Phi) is 5.81. The van der Waals surface area contributed by atoms with Crippen LogP contribution in [-0.2, 0) is 16.0 Å². The summed E-state index contributed by atoms with van der Waals surface area (Å²) in [6.45, 7) is 0.320. The van der Waals surface area contributed by atoms with Gasteiger partial charge in [0.05, 0.1) is 11.6 Å². The molecule has 1 amide bonds. The van der Waals surface area contributed by atoms with Gasteiger partial charge in [-0.15, -0.1) is 0 Å². The Morgan fingerprint density at radius 3 is 2.17 bits per heavy atom. The lowest BCUT2D eigenvalue weighted by Gasteiger charge is -2.37. The maximum Gasteiger partial charge on any atom is 0.410 e. The van der Waals surface area contributed by atoms with E-state index in [2.05, 4.69) is 30.3 Å². The largest absolute Gasteiger partial charge is 0.448 e. The summed E-state index contributed by atoms with van der Waals surface area (Å²) >= 11 is 0. The zero-order valence-corrected chi connectivity index (χ0v) is 20.1. The van der Waals surface area contributed by atoms with Crippen molar-refractivity contribution in [3.8, 4) is 17.2 Å². The van der Waals surface area contributed by atoms with E-state index >= 15 is 0 Å². The van der Waals surface area contributed by atoms with Crippen LogP contribution in [-0.4, -0.2) is 35.5 Å². The molecule has 2 aliphatic heterocycles. The number of Topliss-reactive ketones (excluding diaryl/α,β-unsaturated/α-hetero) is 1. The number of nitrogens with zero attached hydrogens (tertiary/aromatic N) is 2. The molecule has 1 aliphatic carbocycles. The molecule has 2 bridgehead atoms. The number of carbonyl (C=O) groups excluding carboxylic acids is 2. The van der Waals surface area contributed by atoms with Crippen molar-refractivity contribution in [3.05, 3.63) is 95.1 Å². The minimum absolute atomic E-state index is 0.0438. The van der Waals surface area contributed by atoms with Crippen molar-refractivity contribution in [2.24, 2.45) is 5.92 Å². The summed E-state index contributed by atoms with van der Waals surface area (Å²) in [5.74, 6) is 0.197. The molecule has 0 saturated carbocycles. The van der Waals surface area contributed by atoms with Crippen molar-refractivity contribution < 1.29 is 14.3 Å². The first kappa shape index (κ1) is 22.5. The SMILES string of the molecule is N#Cc1cccc(CC(=O)C2CC3CCC(C2)N3C(=O)OCC2c3ccccc3-c3ccccc32)c1. The number of amides is 1. The Hall–Kier alpha value is -3.91. The molecule has 6 rings (SSSR count). The molecule has 5 nitrogen and oxygen atoms in total. The van der Waals surface area contributed by atoms with Crippen LogP contribution in [0.3, 0.4) is 0 Å². The third-order valence-electron chi connectivity index (χ3n) is 8.17. The zero-order valence-electron chi connectivity index (χ0n) is 20.1. The number of ether oxygens (including phenoxy) is 1. The van der Waals surface area contributed by atoms with Crippen molar-refractivity contribution in [1.29, 1.82) is 5.26 Å². The summed E-state index contributed by atoms with van der Waals surface area (Å²) in [6.07, 6.45) is 3.31. The normalized spacial score (nSPS) is 22.0. The fourth-order valence-electron chi connectivity index (χ4n) is 6.50. The molecule has 3 aromatic rings. The second-order valence-electron chi connectivity index (χ2n) is 10.2. The lowest BCUT2D eigenvalue weighted by atomic mass is 9.85. The maximum atomic E-state index is 13.3. The molecule has 3 aliphatic rings. The summed E-state index contributed by atoms with van der Waals surface area (Å²) < 4.78 is 5.95. The third kappa shape index (κ3) is 3.97. The van der Waals surface area contributed by atoms with E-state index in [0.29, 0.717) is 31.4 Å². The zero-order chi connectivity index (χ0) is 24.6. The second kappa shape index (κ2) is 9.28. The molecule has 2 heterocycles. The summed E-state index contributed by atoms with van der Waals surface area (Å²) in [6, 6.07) is 26.2. The minimum atomic E-state index is -0.253. The molecule has 5 heteroatoms. The topological polar surface area (TPSA) is 70.4 Å². The van der Waals surface area contributed by atoms with E-state index in [-0.39, 0.29) is 35.8 Å². The van der Waals surface area contributed by atoms with Gasteiger partial charge in [-0.1, -0.05) is 60.7 Å². The summed E-state index contributed by atoms with van der Waals surface area (Å²) in [4.78, 5) is 28.3. The number of rotatable bonds is 5. The van der Waals surface area contributed by atoms with Crippen LogP contribution in [0.15, 0.2) is 72.8 Å². The predicted octanol–water partition coefficient (Wildman–Crippen LogP) is 5.86. The molecule has 2 saturated heterocycles. The number of fused-ring (bicyclic) bond motifs is 5. The average Bonchev–Trinajstić information content (AvgIpc) is 3.37. The standard InChI is InChI=1S/C31H28N2O3/c32-18-21-7-5-6-20(14-21)15-30(34)22-16-23-12-13-24(17-22)33(23)31(35)36-19-29-27-10-3-1-8-25(27)26-9-2-4-11-28(26)29/h1-11,14,22-24,29H,12-13,15-17,19H2. The van der Waals surface area contributed by atoms with Crippen molar-refractivity contribution in [1.82, 2.24) is 4.90 Å². The van der Waals surface area contributed by atoms with Gasteiger partial charge in [-0.2, -0.15) is 5.26 Å². The van der Waals surface area contributed by atoms with Gasteiger partial charge in [0.2, 0.25) is 0 Å². The van der Waals surface area contributed by atoms with E-state index in [4.69, 9.17) is 10.00 Å². The smallest absolute Gasteiger partial charge is 0.410 e. The van der Waals surface area contributed by atoms with Gasteiger partial charge in [-0.25, -0.2) is 4.79 Å². The highest BCUT2D eigenvalue weighted by molar-refractivity contribution is 5.84. The van der Waals surface area contributed by atoms with Crippen LogP contribution < -0.4 is 0 Å². The minimum Gasteiger partial charge on any atom is -0.448 e. The second-order valence-corrected chi connectivity index (χ2v) is 10.2. The first-order valence-electron chi connectivity index (χ1n) is 12.8. The fourth-order valence-corrected chi connectivity index (χ4v) is 6.50. The first-order valence-corrected chi connectivity index (χ1v) is 12.8. The van der Waals surface area contributed by atoms with Crippen LogP contribution in [0.25, 0.3) is 11.1 Å². The van der Waals surface area contributed by atoms with Gasteiger partial charge >= 0.3 is 6.09 Å². The third-order valence-corrected chi connectivity index (χ3v) is 8.17. The van der Waals surface area contributed by atoms with Gasteiger partial charge in [-0.3, -0.25) is 4.79 Å². The van der Waals surface area contributed by atoms with Crippen LogP contribution in [0, 0.1) is 17.2 Å². The lowest BCUT2D eigenvalue weighted by Crippen LogP contribution is -2.48. The molecule has 0 spiro atoms. The number of hydrogen-bond donors (Lipinski definition) is 0. The van der Waals surface area contributed by atoms with E-state index in [1.807, 2.05) is 41.3 Å². The summed E-state index contributed by atoms with van der Waals surface area (Å²) in [5, 5.41) is 9.13. The Labute approximate surface area is 211 Å². The fraction of sp³-hybridized carbons (Fsp3) is 0.323. The van der Waals surface area contributed by atoms with Crippen molar-refractivity contribution >= 4 is 11.9 Å². The Bertz CT molecular complexity index is 1310. The van der Waals surface area contributed by atoms with E-state index in [9.17, 15) is 9.59 Å². The monoisotopic (exact) mass is 476 g/mol. The highest BCUT2D eigenvalue weighted by atomic mass is 16.6. The molecule has 0 aromatic heterocycles. The van der Waals surface area contributed by atoms with E-state index in [1.165, 1.54) is 22.3 Å². The van der Waals surface area contributed by atoms with Crippen molar-refractivity contribution in [2.45, 2.75) is 50.1 Å². The van der Waals surface area contributed by atoms with Crippen LogP contribution >= 0.6 is 0 Å². The van der Waals surface area contributed by atoms with Gasteiger partial charge in [0, 0.05) is 30.3 Å². The summed E-state index contributed by atoms with van der Waals surface area (Å²) in [5.41, 5.74) is 6.30. The quantitative estimate of drug-likeness (QED) is 0.462. The number of hydrogen-bond acceptors (Lipinski definition) is 4. The molecule has 2 unspecified atom stereocenters. The molecule has 2 fully saturated rings. The molecule has 36 heavy (non-hydrogen) atoms. The van der Waals surface area contributed by atoms with Crippen LogP contribution in [0.2, 0.25) is 0 Å². The lowest BCUT2D eigenvalue weighted by molar-refractivity contribution is -0.124. The van der Waals surface area contributed by atoms with E-state index in [1.54, 1.807) is 12.1 Å². The number of piperidine rings is 1. The Morgan fingerprint density at radius 1 is 0.889 bits per heavy atom. The molecule has 3 aromatic carbocycles. The predicted molar refractivity (Wildman–Crippen MR) is 136 cm³/mol. The number of nitriles is 1. The van der Waals surface area contributed by atoms with Gasteiger partial charge in [0.15, 0.2) is 0 Å². The number of ketones is 1. The van der Waals surface area contributed by atoms with Gasteiger partial charge in [-0.05, 0) is 65.6 Å². The molecule has 2 atom stereocenters. The highest BCUT2D eigenvalue weighted by Gasteiger charge is 2.46.